The molecule has 5 rings (SSSR count). The Kier molecular flexibility index (Phi) is 14.7. The third kappa shape index (κ3) is 10.2. The number of carbonyl (C=O) groups is 1. The highest BCUT2D eigenvalue weighted by molar-refractivity contribution is 7.99. The van der Waals surface area contributed by atoms with Gasteiger partial charge in [0.1, 0.15) is 35.9 Å². The minimum absolute atomic E-state index is 0.138. The minimum Gasteiger partial charge on any atom is -0.388 e. The van der Waals surface area contributed by atoms with Crippen LogP contribution in [0.5, 0.6) is 0 Å². The van der Waals surface area contributed by atoms with Crippen LogP contribution in [-0.2, 0) is 19.0 Å². The van der Waals surface area contributed by atoms with Gasteiger partial charge in [0.05, 0.1) is 25.4 Å². The molecule has 0 aromatic heterocycles. The van der Waals surface area contributed by atoms with Gasteiger partial charge in [0.25, 0.3) is 0 Å². The molecule has 5 heterocycles. The van der Waals surface area contributed by atoms with Gasteiger partial charge in [-0.05, 0) is 50.3 Å². The third-order valence-corrected chi connectivity index (χ3v) is 8.83. The molecule has 0 aliphatic carbocycles. The topological polar surface area (TPSA) is 133 Å². The van der Waals surface area contributed by atoms with E-state index in [4.69, 9.17) is 14.2 Å². The van der Waals surface area contributed by atoms with Gasteiger partial charge in [-0.25, -0.2) is 0 Å². The second-order valence-electron chi connectivity index (χ2n) is 12.0. The van der Waals surface area contributed by atoms with Gasteiger partial charge in [-0.15, -0.1) is 11.8 Å². The lowest BCUT2D eigenvalue weighted by Crippen LogP contribution is -2.63. The van der Waals surface area contributed by atoms with E-state index in [9.17, 15) is 20.1 Å². The van der Waals surface area contributed by atoms with Crippen molar-refractivity contribution in [2.24, 2.45) is 11.8 Å². The quantitative estimate of drug-likeness (QED) is 0.300. The molecule has 5 aliphatic rings. The van der Waals surface area contributed by atoms with Crippen molar-refractivity contribution in [3.8, 4) is 0 Å². The summed E-state index contributed by atoms with van der Waals surface area (Å²) in [4.78, 5) is 15.4. The van der Waals surface area contributed by atoms with Crippen LogP contribution < -0.4 is 10.6 Å². The SMILES string of the molecule is CC(C)C.CN1CCOCC1.O=C(NC1C/C=C\CCSC2OC1C(O)C(O)C2O)C1NCC2CCCCOC21. The average Bonchev–Trinajstić information content (AvgIpc) is 3.18. The first-order valence-electron chi connectivity index (χ1n) is 15.1. The predicted octanol–water partition coefficient (Wildman–Crippen LogP) is 1.13. The van der Waals surface area contributed by atoms with Crippen LogP contribution in [0.2, 0.25) is 0 Å². The van der Waals surface area contributed by atoms with Crippen molar-refractivity contribution in [1.29, 1.82) is 0 Å². The van der Waals surface area contributed by atoms with E-state index in [1.165, 1.54) is 11.8 Å². The number of nitrogens with zero attached hydrogens (tertiary/aromatic N) is 1. The number of aliphatic hydroxyl groups is 3. The number of aliphatic hydroxyl groups excluding tert-OH is 3. The number of hydrogen-bond acceptors (Lipinski definition) is 10. The molecule has 0 spiro atoms. The van der Waals surface area contributed by atoms with E-state index in [1.807, 2.05) is 12.2 Å². The van der Waals surface area contributed by atoms with E-state index in [0.29, 0.717) is 18.9 Å². The Bertz CT molecular complexity index is 767. The Balaban J connectivity index is 0.000000336. The molecule has 11 heteroatoms. The fourth-order valence-electron chi connectivity index (χ4n) is 5.41. The molecule has 9 atom stereocenters. The van der Waals surface area contributed by atoms with Crippen molar-refractivity contribution in [3.05, 3.63) is 12.2 Å². The first-order valence-corrected chi connectivity index (χ1v) is 16.1. The second-order valence-corrected chi connectivity index (χ2v) is 13.3. The summed E-state index contributed by atoms with van der Waals surface area (Å²) in [6, 6.07) is -0.942. The molecule has 0 aromatic rings. The Morgan fingerprint density at radius 3 is 2.42 bits per heavy atom. The van der Waals surface area contributed by atoms with Gasteiger partial charge >= 0.3 is 0 Å². The van der Waals surface area contributed by atoms with E-state index in [2.05, 4.69) is 43.4 Å². The van der Waals surface area contributed by atoms with Crippen molar-refractivity contribution in [2.45, 2.75) is 101 Å². The number of hydrogen-bond donors (Lipinski definition) is 5. The Hall–Kier alpha value is -0.760. The number of rotatable bonds is 2. The van der Waals surface area contributed by atoms with Gasteiger partial charge < -0.3 is 45.1 Å². The maximum absolute atomic E-state index is 13.1. The summed E-state index contributed by atoms with van der Waals surface area (Å²) in [5.74, 6) is 1.75. The highest BCUT2D eigenvalue weighted by atomic mass is 32.2. The van der Waals surface area contributed by atoms with Crippen molar-refractivity contribution < 1.29 is 34.3 Å². The number of thioether (sulfide) groups is 1. The zero-order valence-corrected chi connectivity index (χ0v) is 25.6. The number of amides is 1. The third-order valence-electron chi connectivity index (χ3n) is 7.64. The van der Waals surface area contributed by atoms with Crippen LogP contribution >= 0.6 is 11.8 Å². The van der Waals surface area contributed by atoms with E-state index in [0.717, 1.165) is 70.2 Å². The zero-order valence-electron chi connectivity index (χ0n) is 24.7. The normalized spacial score (nSPS) is 39.4. The summed E-state index contributed by atoms with van der Waals surface area (Å²) in [5, 5.41) is 37.5. The van der Waals surface area contributed by atoms with Crippen molar-refractivity contribution in [1.82, 2.24) is 15.5 Å². The average molecular weight is 588 g/mol. The van der Waals surface area contributed by atoms with Gasteiger partial charge in [0.15, 0.2) is 0 Å². The maximum atomic E-state index is 13.1. The van der Waals surface area contributed by atoms with Crippen molar-refractivity contribution in [3.63, 3.8) is 0 Å². The Labute approximate surface area is 244 Å². The van der Waals surface area contributed by atoms with E-state index in [1.54, 1.807) is 0 Å². The van der Waals surface area contributed by atoms with Gasteiger partial charge in [0.2, 0.25) is 5.91 Å². The summed E-state index contributed by atoms with van der Waals surface area (Å²) in [7, 11) is 2.11. The largest absolute Gasteiger partial charge is 0.388 e. The summed E-state index contributed by atoms with van der Waals surface area (Å²) in [6.45, 7) is 12.0. The molecule has 0 aromatic carbocycles. The summed E-state index contributed by atoms with van der Waals surface area (Å²) < 4.78 is 17.0. The lowest BCUT2D eigenvalue weighted by Gasteiger charge is -2.43. The molecule has 5 aliphatic heterocycles. The molecular weight excluding hydrogens is 534 g/mol. The number of likely N-dealkylation sites (N-methyl/N-ethyl adjacent to an activating group) is 1. The lowest BCUT2D eigenvalue weighted by molar-refractivity contribution is -0.205. The summed E-state index contributed by atoms with van der Waals surface area (Å²) in [5.41, 5.74) is -0.636. The van der Waals surface area contributed by atoms with E-state index >= 15 is 0 Å². The maximum Gasteiger partial charge on any atom is 0.240 e. The highest BCUT2D eigenvalue weighted by Crippen LogP contribution is 2.32. The number of fused-ring (bicyclic) bond motifs is 3. The zero-order chi connectivity index (χ0) is 29.1. The van der Waals surface area contributed by atoms with Crippen LogP contribution in [0.1, 0.15) is 52.9 Å². The smallest absolute Gasteiger partial charge is 0.240 e. The van der Waals surface area contributed by atoms with Gasteiger partial charge in [-0.3, -0.25) is 4.79 Å². The Morgan fingerprint density at radius 2 is 1.75 bits per heavy atom. The molecule has 0 radical (unpaired) electrons. The predicted molar refractivity (Wildman–Crippen MR) is 157 cm³/mol. The second kappa shape index (κ2) is 17.4. The highest BCUT2D eigenvalue weighted by Gasteiger charge is 2.48. The Morgan fingerprint density at radius 1 is 1.02 bits per heavy atom. The number of allylic oxidation sites excluding steroid dienone is 1. The molecule has 2 bridgehead atoms. The molecule has 9 unspecified atom stereocenters. The molecule has 4 saturated heterocycles. The lowest BCUT2D eigenvalue weighted by atomic mass is 9.92. The number of ether oxygens (including phenoxy) is 3. The molecule has 5 N–H and O–H groups in total. The van der Waals surface area contributed by atoms with Crippen LogP contribution in [0.3, 0.4) is 0 Å². The molecule has 10 nitrogen and oxygen atoms in total. The summed E-state index contributed by atoms with van der Waals surface area (Å²) >= 11 is 1.41. The standard InChI is InChI=1S/C20H32N2O6S.C5H11NO.C4H10/c23-14-15(24)18-12(7-2-1-5-9-29-20(28-18)16(14)25)22-19(26)13-17-11(10-21-13)6-3-4-8-27-17;1-6-2-4-7-5-3-6;1-4(2)3/h1-2,11-18,20-21,23-25H,3-10H2,(H,22,26);2-5H2,1H3;4H,1-3H3/b2-1-;;. The summed E-state index contributed by atoms with van der Waals surface area (Å²) in [6.07, 6.45) is 3.81. The molecular formula is C29H53N3O7S. The van der Waals surface area contributed by atoms with Crippen LogP contribution in [0.15, 0.2) is 12.2 Å². The van der Waals surface area contributed by atoms with Crippen LogP contribution in [-0.4, -0.2) is 126 Å². The fourth-order valence-corrected chi connectivity index (χ4v) is 6.48. The first kappa shape index (κ1) is 33.7. The number of morpholine rings is 1. The first-order chi connectivity index (χ1) is 19.2. The molecule has 4 fully saturated rings. The fraction of sp³-hybridized carbons (Fsp3) is 0.897. The molecule has 1 amide bonds. The van der Waals surface area contributed by atoms with Crippen LogP contribution in [0, 0.1) is 11.8 Å². The van der Waals surface area contributed by atoms with Gasteiger partial charge in [-0.1, -0.05) is 39.3 Å². The van der Waals surface area contributed by atoms with Crippen molar-refractivity contribution >= 4 is 17.7 Å². The number of carbonyl (C=O) groups excluding carboxylic acids is 1. The molecule has 232 valence electrons. The number of nitrogens with one attached hydrogen (secondary N) is 2. The molecule has 0 saturated carbocycles. The van der Waals surface area contributed by atoms with Gasteiger partial charge in [0, 0.05) is 26.2 Å². The van der Waals surface area contributed by atoms with E-state index in [-0.39, 0.29) is 12.0 Å². The molecule has 40 heavy (non-hydrogen) atoms. The van der Waals surface area contributed by atoms with Crippen molar-refractivity contribution in [2.75, 3.05) is 52.3 Å². The monoisotopic (exact) mass is 587 g/mol. The van der Waals surface area contributed by atoms with Gasteiger partial charge in [-0.2, -0.15) is 0 Å². The van der Waals surface area contributed by atoms with E-state index < -0.39 is 41.9 Å². The minimum atomic E-state index is -1.31. The van der Waals surface area contributed by atoms with Crippen LogP contribution in [0.25, 0.3) is 0 Å². The van der Waals surface area contributed by atoms with Crippen LogP contribution in [0.4, 0.5) is 0 Å².